The summed E-state index contributed by atoms with van der Waals surface area (Å²) in [6.45, 7) is -0.0129. The molecule has 0 saturated carbocycles. The summed E-state index contributed by atoms with van der Waals surface area (Å²) in [4.78, 5) is 0.206. The molecule has 1 N–H and O–H groups in total. The predicted molar refractivity (Wildman–Crippen MR) is 103 cm³/mol. The SMILES string of the molecule is COc1ccccc1S(=O)(=O)N1[C@H]2CC[C@@H]1[C@@](CO)(Cc1ccccc1)C2. The predicted octanol–water partition coefficient (Wildman–Crippen LogP) is 2.84. The minimum absolute atomic E-state index is 0.0129. The van der Waals surface area contributed by atoms with Crippen LogP contribution in [0.2, 0.25) is 0 Å². The second-order valence-electron chi connectivity index (χ2n) is 7.62. The van der Waals surface area contributed by atoms with Crippen LogP contribution in [0.3, 0.4) is 0 Å². The van der Waals surface area contributed by atoms with Crippen molar-refractivity contribution in [2.75, 3.05) is 13.7 Å². The van der Waals surface area contributed by atoms with Crippen LogP contribution in [-0.2, 0) is 16.4 Å². The summed E-state index contributed by atoms with van der Waals surface area (Å²) in [5.74, 6) is 0.362. The molecule has 2 aromatic carbocycles. The maximum absolute atomic E-state index is 13.5. The van der Waals surface area contributed by atoms with E-state index >= 15 is 0 Å². The highest BCUT2D eigenvalue weighted by atomic mass is 32.2. The van der Waals surface area contributed by atoms with Crippen LogP contribution < -0.4 is 4.74 Å². The van der Waals surface area contributed by atoms with Gasteiger partial charge in [-0.2, -0.15) is 4.31 Å². The van der Waals surface area contributed by atoms with Gasteiger partial charge >= 0.3 is 0 Å². The first-order valence-corrected chi connectivity index (χ1v) is 10.8. The molecule has 0 amide bonds. The van der Waals surface area contributed by atoms with Gasteiger partial charge in [0.1, 0.15) is 10.6 Å². The Balaban J connectivity index is 1.71. The number of aliphatic hydroxyl groups is 1. The lowest BCUT2D eigenvalue weighted by molar-refractivity contribution is 0.0888. The van der Waals surface area contributed by atoms with Crippen molar-refractivity contribution in [3.63, 3.8) is 0 Å². The van der Waals surface area contributed by atoms with Crippen molar-refractivity contribution in [3.05, 3.63) is 60.2 Å². The molecule has 0 radical (unpaired) electrons. The first-order valence-electron chi connectivity index (χ1n) is 9.33. The van der Waals surface area contributed by atoms with Gasteiger partial charge in [-0.05, 0) is 43.4 Å². The molecule has 2 saturated heterocycles. The van der Waals surface area contributed by atoms with Crippen LogP contribution in [0.15, 0.2) is 59.5 Å². The van der Waals surface area contributed by atoms with Gasteiger partial charge < -0.3 is 9.84 Å². The van der Waals surface area contributed by atoms with Gasteiger partial charge in [0.15, 0.2) is 0 Å². The highest BCUT2D eigenvalue weighted by Crippen LogP contribution is 2.53. The zero-order chi connectivity index (χ0) is 19.1. The van der Waals surface area contributed by atoms with Crippen LogP contribution in [0.5, 0.6) is 5.75 Å². The fraction of sp³-hybridized carbons (Fsp3) is 0.429. The van der Waals surface area contributed by atoms with E-state index in [1.165, 1.54) is 7.11 Å². The Bertz CT molecular complexity index is 915. The molecular weight excluding hydrogens is 362 g/mol. The van der Waals surface area contributed by atoms with E-state index in [1.807, 2.05) is 30.3 Å². The van der Waals surface area contributed by atoms with E-state index in [1.54, 1.807) is 28.6 Å². The van der Waals surface area contributed by atoms with E-state index in [0.29, 0.717) is 18.6 Å². The Morgan fingerprint density at radius 3 is 2.52 bits per heavy atom. The van der Waals surface area contributed by atoms with E-state index in [4.69, 9.17) is 4.74 Å². The van der Waals surface area contributed by atoms with E-state index in [0.717, 1.165) is 18.4 Å². The number of ether oxygens (including phenoxy) is 1. The van der Waals surface area contributed by atoms with E-state index in [9.17, 15) is 13.5 Å². The molecule has 144 valence electrons. The number of hydrogen-bond donors (Lipinski definition) is 1. The molecule has 0 aliphatic carbocycles. The van der Waals surface area contributed by atoms with Crippen LogP contribution in [0.4, 0.5) is 0 Å². The van der Waals surface area contributed by atoms with Gasteiger partial charge in [0.25, 0.3) is 0 Å². The average molecular weight is 388 g/mol. The Labute approximate surface area is 160 Å². The van der Waals surface area contributed by atoms with Gasteiger partial charge in [0, 0.05) is 17.5 Å². The third-order valence-electron chi connectivity index (χ3n) is 6.13. The van der Waals surface area contributed by atoms with Gasteiger partial charge in [0.2, 0.25) is 10.0 Å². The molecule has 27 heavy (non-hydrogen) atoms. The normalized spacial score (nSPS) is 27.8. The molecule has 5 nitrogen and oxygen atoms in total. The molecule has 2 aliphatic heterocycles. The molecule has 2 bridgehead atoms. The summed E-state index contributed by atoms with van der Waals surface area (Å²) in [7, 11) is -2.21. The Morgan fingerprint density at radius 1 is 1.11 bits per heavy atom. The summed E-state index contributed by atoms with van der Waals surface area (Å²) in [6.07, 6.45) is 3.00. The third-order valence-corrected chi connectivity index (χ3v) is 8.13. The molecular formula is C21H25NO4S. The van der Waals surface area contributed by atoms with Gasteiger partial charge in [-0.25, -0.2) is 8.42 Å². The van der Waals surface area contributed by atoms with Crippen LogP contribution in [-0.4, -0.2) is 43.6 Å². The Morgan fingerprint density at radius 2 is 1.81 bits per heavy atom. The fourth-order valence-electron chi connectivity index (χ4n) is 4.96. The monoisotopic (exact) mass is 387 g/mol. The Hall–Kier alpha value is -1.89. The highest BCUT2D eigenvalue weighted by Gasteiger charge is 2.59. The van der Waals surface area contributed by atoms with E-state index in [2.05, 4.69) is 0 Å². The lowest BCUT2D eigenvalue weighted by Gasteiger charge is -2.36. The molecule has 0 spiro atoms. The first kappa shape index (κ1) is 18.5. The molecule has 2 fully saturated rings. The van der Waals surface area contributed by atoms with E-state index < -0.39 is 15.4 Å². The summed E-state index contributed by atoms with van der Waals surface area (Å²) < 4.78 is 33.9. The topological polar surface area (TPSA) is 66.8 Å². The summed E-state index contributed by atoms with van der Waals surface area (Å²) >= 11 is 0. The molecule has 3 atom stereocenters. The number of rotatable bonds is 6. The lowest BCUT2D eigenvalue weighted by Crippen LogP contribution is -2.43. The lowest BCUT2D eigenvalue weighted by atomic mass is 9.70. The second kappa shape index (κ2) is 6.93. The van der Waals surface area contributed by atoms with Gasteiger partial charge in [0.05, 0.1) is 13.7 Å². The molecule has 6 heteroatoms. The standard InChI is InChI=1S/C21H25NO4S/c1-26-18-9-5-6-10-19(18)27(24,25)22-17-11-12-20(22)21(14-17,15-23)13-16-7-3-2-4-8-16/h2-10,17,20,23H,11-15H2,1H3/t17-,20+,21-/m0/s1. The number of hydrogen-bond acceptors (Lipinski definition) is 4. The minimum atomic E-state index is -3.69. The molecule has 2 aromatic rings. The molecule has 0 unspecified atom stereocenters. The first-order chi connectivity index (χ1) is 13.0. The number of nitrogens with zero attached hydrogens (tertiary/aromatic N) is 1. The van der Waals surface area contributed by atoms with Crippen LogP contribution >= 0.6 is 0 Å². The average Bonchev–Trinajstić information content (AvgIpc) is 3.26. The maximum Gasteiger partial charge on any atom is 0.247 e. The van der Waals surface area contributed by atoms with Crippen molar-refractivity contribution in [2.45, 2.75) is 42.7 Å². The van der Waals surface area contributed by atoms with Crippen molar-refractivity contribution in [1.82, 2.24) is 4.31 Å². The zero-order valence-corrected chi connectivity index (χ0v) is 16.2. The molecule has 2 heterocycles. The minimum Gasteiger partial charge on any atom is -0.495 e. The number of methoxy groups -OCH3 is 1. The highest BCUT2D eigenvalue weighted by molar-refractivity contribution is 7.89. The largest absolute Gasteiger partial charge is 0.495 e. The van der Waals surface area contributed by atoms with Gasteiger partial charge in [-0.1, -0.05) is 42.5 Å². The van der Waals surface area contributed by atoms with Crippen molar-refractivity contribution in [1.29, 1.82) is 0 Å². The molecule has 4 rings (SSSR count). The maximum atomic E-state index is 13.5. The third kappa shape index (κ3) is 2.96. The summed E-state index contributed by atoms with van der Waals surface area (Å²) in [5.41, 5.74) is 0.702. The van der Waals surface area contributed by atoms with Gasteiger partial charge in [-0.3, -0.25) is 0 Å². The number of aliphatic hydroxyl groups excluding tert-OH is 1. The van der Waals surface area contributed by atoms with Crippen molar-refractivity contribution < 1.29 is 18.3 Å². The summed E-state index contributed by atoms with van der Waals surface area (Å²) in [6, 6.07) is 16.5. The van der Waals surface area contributed by atoms with Crippen LogP contribution in [0.25, 0.3) is 0 Å². The van der Waals surface area contributed by atoms with Crippen molar-refractivity contribution >= 4 is 10.0 Å². The van der Waals surface area contributed by atoms with E-state index in [-0.39, 0.29) is 23.6 Å². The second-order valence-corrected chi connectivity index (χ2v) is 9.43. The quantitative estimate of drug-likeness (QED) is 0.828. The number of sulfonamides is 1. The van der Waals surface area contributed by atoms with Crippen molar-refractivity contribution in [3.8, 4) is 5.75 Å². The van der Waals surface area contributed by atoms with Gasteiger partial charge in [-0.15, -0.1) is 0 Å². The molecule has 2 aliphatic rings. The fourth-order valence-corrected chi connectivity index (χ4v) is 7.08. The number of fused-ring (bicyclic) bond motifs is 2. The van der Waals surface area contributed by atoms with Crippen LogP contribution in [0.1, 0.15) is 24.8 Å². The van der Waals surface area contributed by atoms with Crippen LogP contribution in [0, 0.1) is 5.41 Å². The number of para-hydroxylation sites is 1. The smallest absolute Gasteiger partial charge is 0.247 e. The Kier molecular flexibility index (Phi) is 4.74. The summed E-state index contributed by atoms with van der Waals surface area (Å²) in [5, 5.41) is 10.3. The van der Waals surface area contributed by atoms with Crippen molar-refractivity contribution in [2.24, 2.45) is 5.41 Å². The molecule has 0 aromatic heterocycles. The zero-order valence-electron chi connectivity index (χ0n) is 15.4. The number of benzene rings is 2.